The average molecular weight is 181 g/mol. The SMILES string of the molecule is C=CC(=O)NCCC1CCCCC1. The van der Waals surface area contributed by atoms with Gasteiger partial charge in [0, 0.05) is 6.54 Å². The van der Waals surface area contributed by atoms with Gasteiger partial charge in [-0.05, 0) is 18.4 Å². The van der Waals surface area contributed by atoms with E-state index in [0.29, 0.717) is 0 Å². The van der Waals surface area contributed by atoms with Crippen LogP contribution in [0.3, 0.4) is 0 Å². The third kappa shape index (κ3) is 4.11. The summed E-state index contributed by atoms with van der Waals surface area (Å²) in [4.78, 5) is 10.8. The Balaban J connectivity index is 2.04. The van der Waals surface area contributed by atoms with Crippen LogP contribution in [0.1, 0.15) is 38.5 Å². The molecule has 1 aliphatic rings. The van der Waals surface area contributed by atoms with Crippen LogP contribution < -0.4 is 5.32 Å². The molecular formula is C11H19NO. The molecule has 2 nitrogen and oxygen atoms in total. The highest BCUT2D eigenvalue weighted by Gasteiger charge is 2.12. The van der Waals surface area contributed by atoms with Crippen LogP contribution in [-0.2, 0) is 4.79 Å². The molecular weight excluding hydrogens is 162 g/mol. The maximum absolute atomic E-state index is 10.8. The topological polar surface area (TPSA) is 29.1 Å². The quantitative estimate of drug-likeness (QED) is 0.662. The number of nitrogens with one attached hydrogen (secondary N) is 1. The van der Waals surface area contributed by atoms with Crippen LogP contribution in [0.15, 0.2) is 12.7 Å². The molecule has 1 saturated carbocycles. The minimum absolute atomic E-state index is 0.0455. The van der Waals surface area contributed by atoms with Gasteiger partial charge in [0.05, 0.1) is 0 Å². The van der Waals surface area contributed by atoms with E-state index in [1.165, 1.54) is 38.2 Å². The standard InChI is InChI=1S/C11H19NO/c1-2-11(13)12-9-8-10-6-4-3-5-7-10/h2,10H,1,3-9H2,(H,12,13). The molecule has 1 N–H and O–H groups in total. The molecule has 74 valence electrons. The molecule has 1 rings (SSSR count). The van der Waals surface area contributed by atoms with Crippen LogP contribution in [0.4, 0.5) is 0 Å². The van der Waals surface area contributed by atoms with Gasteiger partial charge in [-0.3, -0.25) is 4.79 Å². The van der Waals surface area contributed by atoms with Gasteiger partial charge in [-0.15, -0.1) is 0 Å². The number of hydrogen-bond donors (Lipinski definition) is 1. The van der Waals surface area contributed by atoms with Crippen LogP contribution in [0, 0.1) is 5.92 Å². The van der Waals surface area contributed by atoms with Crippen molar-refractivity contribution in [3.05, 3.63) is 12.7 Å². The van der Waals surface area contributed by atoms with Crippen molar-refractivity contribution >= 4 is 5.91 Å². The maximum atomic E-state index is 10.8. The predicted octanol–water partition coefficient (Wildman–Crippen LogP) is 2.26. The molecule has 1 amide bonds. The zero-order valence-electron chi connectivity index (χ0n) is 8.22. The summed E-state index contributed by atoms with van der Waals surface area (Å²) in [5.74, 6) is 0.801. The highest BCUT2D eigenvalue weighted by atomic mass is 16.1. The van der Waals surface area contributed by atoms with E-state index in [9.17, 15) is 4.79 Å². The Morgan fingerprint density at radius 1 is 1.38 bits per heavy atom. The molecule has 0 saturated heterocycles. The molecule has 0 atom stereocenters. The van der Waals surface area contributed by atoms with Crippen LogP contribution in [0.2, 0.25) is 0 Å². The van der Waals surface area contributed by atoms with Gasteiger partial charge in [0.15, 0.2) is 0 Å². The minimum atomic E-state index is -0.0455. The number of carbonyl (C=O) groups excluding carboxylic acids is 1. The van der Waals surface area contributed by atoms with Gasteiger partial charge in [0.2, 0.25) is 5.91 Å². The Bertz CT molecular complexity index is 171. The second-order valence-corrected chi connectivity index (χ2v) is 3.79. The minimum Gasteiger partial charge on any atom is -0.353 e. The summed E-state index contributed by atoms with van der Waals surface area (Å²) < 4.78 is 0. The second kappa shape index (κ2) is 5.79. The van der Waals surface area contributed by atoms with Crippen molar-refractivity contribution < 1.29 is 4.79 Å². The van der Waals surface area contributed by atoms with Crippen molar-refractivity contribution in [1.82, 2.24) is 5.32 Å². The maximum Gasteiger partial charge on any atom is 0.243 e. The third-order valence-electron chi connectivity index (χ3n) is 2.76. The average Bonchev–Trinajstić information content (AvgIpc) is 2.19. The Morgan fingerprint density at radius 3 is 2.69 bits per heavy atom. The number of hydrogen-bond acceptors (Lipinski definition) is 1. The number of carbonyl (C=O) groups is 1. The summed E-state index contributed by atoms with van der Waals surface area (Å²) in [5.41, 5.74) is 0. The first-order chi connectivity index (χ1) is 6.33. The van der Waals surface area contributed by atoms with E-state index < -0.39 is 0 Å². The molecule has 0 aromatic heterocycles. The van der Waals surface area contributed by atoms with E-state index in [0.717, 1.165) is 18.9 Å². The summed E-state index contributed by atoms with van der Waals surface area (Å²) in [7, 11) is 0. The normalized spacial score (nSPS) is 18.2. The Hall–Kier alpha value is -0.790. The van der Waals surface area contributed by atoms with E-state index >= 15 is 0 Å². The van der Waals surface area contributed by atoms with Crippen molar-refractivity contribution in [3.63, 3.8) is 0 Å². The van der Waals surface area contributed by atoms with Gasteiger partial charge in [-0.1, -0.05) is 38.7 Å². The summed E-state index contributed by atoms with van der Waals surface area (Å²) in [6.07, 6.45) is 9.32. The molecule has 0 bridgehead atoms. The molecule has 0 aliphatic heterocycles. The Kier molecular flexibility index (Phi) is 4.58. The zero-order valence-corrected chi connectivity index (χ0v) is 8.22. The van der Waals surface area contributed by atoms with Crippen molar-refractivity contribution in [1.29, 1.82) is 0 Å². The molecule has 1 aliphatic carbocycles. The monoisotopic (exact) mass is 181 g/mol. The van der Waals surface area contributed by atoms with E-state index in [4.69, 9.17) is 0 Å². The van der Waals surface area contributed by atoms with Gasteiger partial charge < -0.3 is 5.32 Å². The van der Waals surface area contributed by atoms with Crippen molar-refractivity contribution in [2.45, 2.75) is 38.5 Å². The smallest absolute Gasteiger partial charge is 0.243 e. The van der Waals surface area contributed by atoms with Gasteiger partial charge in [0.25, 0.3) is 0 Å². The van der Waals surface area contributed by atoms with Crippen LogP contribution in [0.25, 0.3) is 0 Å². The predicted molar refractivity (Wildman–Crippen MR) is 54.4 cm³/mol. The number of amides is 1. The van der Waals surface area contributed by atoms with Gasteiger partial charge in [-0.2, -0.15) is 0 Å². The molecule has 0 radical (unpaired) electrons. The number of rotatable bonds is 4. The van der Waals surface area contributed by atoms with Gasteiger partial charge in [-0.25, -0.2) is 0 Å². The van der Waals surface area contributed by atoms with E-state index in [1.807, 2.05) is 0 Å². The largest absolute Gasteiger partial charge is 0.353 e. The molecule has 0 heterocycles. The second-order valence-electron chi connectivity index (χ2n) is 3.79. The fourth-order valence-corrected chi connectivity index (χ4v) is 1.95. The molecule has 13 heavy (non-hydrogen) atoms. The lowest BCUT2D eigenvalue weighted by atomic mass is 9.87. The molecule has 0 aromatic rings. The van der Waals surface area contributed by atoms with Crippen molar-refractivity contribution in [2.24, 2.45) is 5.92 Å². The van der Waals surface area contributed by atoms with Gasteiger partial charge in [0.1, 0.15) is 0 Å². The van der Waals surface area contributed by atoms with E-state index in [2.05, 4.69) is 11.9 Å². The lowest BCUT2D eigenvalue weighted by Gasteiger charge is -2.21. The highest BCUT2D eigenvalue weighted by Crippen LogP contribution is 2.25. The fraction of sp³-hybridized carbons (Fsp3) is 0.727. The van der Waals surface area contributed by atoms with Crippen LogP contribution >= 0.6 is 0 Å². The Morgan fingerprint density at radius 2 is 2.08 bits per heavy atom. The van der Waals surface area contributed by atoms with Crippen molar-refractivity contribution in [3.8, 4) is 0 Å². The van der Waals surface area contributed by atoms with E-state index in [-0.39, 0.29) is 5.91 Å². The molecule has 2 heteroatoms. The first-order valence-electron chi connectivity index (χ1n) is 5.23. The summed E-state index contributed by atoms with van der Waals surface area (Å²) in [5, 5.41) is 2.82. The van der Waals surface area contributed by atoms with Crippen molar-refractivity contribution in [2.75, 3.05) is 6.54 Å². The summed E-state index contributed by atoms with van der Waals surface area (Å²) in [6.45, 7) is 4.23. The Labute approximate surface area is 80.4 Å². The van der Waals surface area contributed by atoms with Gasteiger partial charge >= 0.3 is 0 Å². The van der Waals surface area contributed by atoms with Crippen LogP contribution in [0.5, 0.6) is 0 Å². The van der Waals surface area contributed by atoms with Crippen LogP contribution in [-0.4, -0.2) is 12.5 Å². The molecule has 0 aromatic carbocycles. The first kappa shape index (κ1) is 10.3. The summed E-state index contributed by atoms with van der Waals surface area (Å²) in [6, 6.07) is 0. The molecule has 0 spiro atoms. The van der Waals surface area contributed by atoms with E-state index in [1.54, 1.807) is 0 Å². The lowest BCUT2D eigenvalue weighted by molar-refractivity contribution is -0.116. The highest BCUT2D eigenvalue weighted by molar-refractivity contribution is 5.86. The third-order valence-corrected chi connectivity index (χ3v) is 2.76. The fourth-order valence-electron chi connectivity index (χ4n) is 1.95. The zero-order chi connectivity index (χ0) is 9.52. The first-order valence-corrected chi connectivity index (χ1v) is 5.23. The summed E-state index contributed by atoms with van der Waals surface area (Å²) >= 11 is 0. The molecule has 0 unspecified atom stereocenters. The molecule has 1 fully saturated rings. The lowest BCUT2D eigenvalue weighted by Crippen LogP contribution is -2.24.